The van der Waals surface area contributed by atoms with Crippen molar-refractivity contribution in [3.8, 4) is 0 Å². The number of benzene rings is 2. The monoisotopic (exact) mass is 533 g/mol. The van der Waals surface area contributed by atoms with E-state index < -0.39 is 35.0 Å². The van der Waals surface area contributed by atoms with Crippen molar-refractivity contribution in [2.24, 2.45) is 10.9 Å². The maximum atomic E-state index is 13.1. The van der Waals surface area contributed by atoms with E-state index in [1.54, 1.807) is 48.4 Å². The van der Waals surface area contributed by atoms with Crippen LogP contribution in [-0.2, 0) is 22.6 Å². The molecule has 1 aliphatic rings. The van der Waals surface area contributed by atoms with Gasteiger partial charge in [-0.15, -0.1) is 0 Å². The van der Waals surface area contributed by atoms with Crippen molar-refractivity contribution < 1.29 is 19.2 Å². The molecule has 0 fully saturated rings. The minimum atomic E-state index is -0.929. The molecule has 2 unspecified atom stereocenters. The Balaban J connectivity index is 1.58. The second kappa shape index (κ2) is 11.9. The molecule has 11 nitrogen and oxygen atoms in total. The number of ether oxygens (including phenoxy) is 1. The van der Waals surface area contributed by atoms with Gasteiger partial charge in [-0.25, -0.2) is 14.6 Å². The summed E-state index contributed by atoms with van der Waals surface area (Å²) in [6.45, 7) is 5.97. The highest BCUT2D eigenvalue weighted by atomic mass is 16.6. The van der Waals surface area contributed by atoms with Crippen molar-refractivity contribution in [1.29, 1.82) is 0 Å². The summed E-state index contributed by atoms with van der Waals surface area (Å²) in [7, 11) is 0. The number of hydrogen-bond acceptors (Lipinski definition) is 6. The van der Waals surface area contributed by atoms with Gasteiger partial charge in [0.25, 0.3) is 5.69 Å². The highest BCUT2D eigenvalue weighted by molar-refractivity contribution is 6.08. The molecule has 2 aromatic carbocycles. The number of amides is 2. The molecule has 2 amide bonds. The number of nitro benzene ring substituents is 1. The van der Waals surface area contributed by atoms with Gasteiger partial charge < -0.3 is 9.64 Å². The molecule has 0 saturated carbocycles. The van der Waals surface area contributed by atoms with Gasteiger partial charge in [-0.3, -0.25) is 24.0 Å². The highest BCUT2D eigenvalue weighted by Crippen LogP contribution is 2.36. The normalized spacial score (nSPS) is 17.3. The topological polar surface area (TPSA) is 129 Å². The summed E-state index contributed by atoms with van der Waals surface area (Å²) in [6, 6.07) is 14.1. The Labute approximate surface area is 225 Å². The fraction of sp³-hybridized carbons (Fsp3) is 0.357. The number of hydrogen-bond donors (Lipinski definition) is 0. The molecule has 0 radical (unpaired) electrons. The first-order chi connectivity index (χ1) is 18.7. The lowest BCUT2D eigenvalue weighted by Crippen LogP contribution is -2.48. The second-order valence-electron chi connectivity index (χ2n) is 9.73. The molecule has 204 valence electrons. The molecular weight excluding hydrogens is 502 g/mol. The molecule has 1 aromatic heterocycles. The average Bonchev–Trinajstić information content (AvgIpc) is 3.23. The van der Waals surface area contributed by atoms with Crippen LogP contribution in [0.1, 0.15) is 44.4 Å². The first-order valence-electron chi connectivity index (χ1n) is 12.8. The van der Waals surface area contributed by atoms with Crippen LogP contribution in [0.2, 0.25) is 0 Å². The molecule has 11 heteroatoms. The van der Waals surface area contributed by atoms with E-state index >= 15 is 0 Å². The van der Waals surface area contributed by atoms with Gasteiger partial charge in [-0.2, -0.15) is 0 Å². The van der Waals surface area contributed by atoms with E-state index in [-0.39, 0.29) is 23.6 Å². The van der Waals surface area contributed by atoms with Crippen LogP contribution in [0.5, 0.6) is 0 Å². The number of nitrogens with zero attached hydrogens (tertiary/aromatic N) is 5. The third-order valence-corrected chi connectivity index (χ3v) is 6.56. The van der Waals surface area contributed by atoms with E-state index in [1.807, 2.05) is 30.3 Å². The van der Waals surface area contributed by atoms with Gasteiger partial charge in [-0.1, -0.05) is 42.5 Å². The quantitative estimate of drug-likeness (QED) is 0.218. The van der Waals surface area contributed by atoms with E-state index in [2.05, 4.69) is 4.99 Å². The maximum absolute atomic E-state index is 13.1. The first kappa shape index (κ1) is 27.5. The number of non-ortho nitro benzene ring substituents is 1. The van der Waals surface area contributed by atoms with Crippen LogP contribution >= 0.6 is 0 Å². The summed E-state index contributed by atoms with van der Waals surface area (Å²) >= 11 is 0. The van der Waals surface area contributed by atoms with E-state index in [9.17, 15) is 24.5 Å². The number of imidazole rings is 1. The van der Waals surface area contributed by atoms with Crippen LogP contribution < -0.4 is 5.69 Å². The van der Waals surface area contributed by atoms with Gasteiger partial charge in [0.05, 0.1) is 23.6 Å². The number of aliphatic imine (C=N–C) groups is 1. The summed E-state index contributed by atoms with van der Waals surface area (Å²) in [5, 5.41) is 11.5. The lowest BCUT2D eigenvalue weighted by atomic mass is 9.86. The van der Waals surface area contributed by atoms with E-state index in [0.717, 1.165) is 5.56 Å². The maximum Gasteiger partial charge on any atom is 0.344 e. The third-order valence-electron chi connectivity index (χ3n) is 6.56. The van der Waals surface area contributed by atoms with Crippen molar-refractivity contribution in [3.63, 3.8) is 0 Å². The fourth-order valence-corrected chi connectivity index (χ4v) is 4.78. The number of carbonyl (C=O) groups is 2. The molecule has 0 N–H and O–H groups in total. The third kappa shape index (κ3) is 6.31. The van der Waals surface area contributed by atoms with Crippen LogP contribution in [0.15, 0.2) is 76.8 Å². The summed E-state index contributed by atoms with van der Waals surface area (Å²) in [4.78, 5) is 55.6. The van der Waals surface area contributed by atoms with E-state index in [4.69, 9.17) is 4.74 Å². The Morgan fingerprint density at radius 1 is 1.05 bits per heavy atom. The van der Waals surface area contributed by atoms with Crippen LogP contribution in [-0.4, -0.2) is 49.3 Å². The molecule has 39 heavy (non-hydrogen) atoms. The van der Waals surface area contributed by atoms with Crippen LogP contribution in [0.25, 0.3) is 0 Å². The van der Waals surface area contributed by atoms with Crippen molar-refractivity contribution in [2.45, 2.75) is 52.4 Å². The molecule has 1 aliphatic heterocycles. The Morgan fingerprint density at radius 3 is 2.46 bits per heavy atom. The molecule has 0 bridgehead atoms. The summed E-state index contributed by atoms with van der Waals surface area (Å²) in [5.41, 5.74) is 1.40. The van der Waals surface area contributed by atoms with Gasteiger partial charge in [0.2, 0.25) is 0 Å². The SMILES string of the molecule is CC1=NC(=O)N(CCCn2ccn(Cc3ccccc3)c2=O)C(c2cccc([N+](=O)[O-])c2)C1C(=O)OC(C)C. The number of aromatic nitrogens is 2. The van der Waals surface area contributed by atoms with Crippen LogP contribution in [0, 0.1) is 16.0 Å². The molecule has 0 saturated heterocycles. The number of nitro groups is 1. The lowest BCUT2D eigenvalue weighted by molar-refractivity contribution is -0.385. The largest absolute Gasteiger partial charge is 0.462 e. The molecule has 0 aliphatic carbocycles. The minimum absolute atomic E-state index is 0.151. The number of aryl methyl sites for hydroxylation is 1. The second-order valence-corrected chi connectivity index (χ2v) is 9.73. The highest BCUT2D eigenvalue weighted by Gasteiger charge is 2.43. The van der Waals surface area contributed by atoms with Crippen molar-refractivity contribution >= 4 is 23.4 Å². The lowest BCUT2D eigenvalue weighted by Gasteiger charge is -2.38. The van der Waals surface area contributed by atoms with Crippen LogP contribution in [0.4, 0.5) is 10.5 Å². The smallest absolute Gasteiger partial charge is 0.344 e. The Hall–Kier alpha value is -4.54. The molecular formula is C28H31N5O6. The average molecular weight is 534 g/mol. The summed E-state index contributed by atoms with van der Waals surface area (Å²) in [5.74, 6) is -1.49. The number of urea groups is 1. The summed E-state index contributed by atoms with van der Waals surface area (Å²) in [6.07, 6.45) is 3.42. The van der Waals surface area contributed by atoms with Crippen molar-refractivity contribution in [1.82, 2.24) is 14.0 Å². The van der Waals surface area contributed by atoms with E-state index in [0.29, 0.717) is 25.1 Å². The first-order valence-corrected chi connectivity index (χ1v) is 12.8. The predicted octanol–water partition coefficient (Wildman–Crippen LogP) is 4.20. The predicted molar refractivity (Wildman–Crippen MR) is 145 cm³/mol. The molecule has 4 rings (SSSR count). The van der Waals surface area contributed by atoms with Gasteiger partial charge in [-0.05, 0) is 38.3 Å². The fourth-order valence-electron chi connectivity index (χ4n) is 4.78. The minimum Gasteiger partial charge on any atom is -0.462 e. The molecule has 2 atom stereocenters. The molecule has 3 aromatic rings. The van der Waals surface area contributed by atoms with Gasteiger partial charge >= 0.3 is 17.7 Å². The Bertz CT molecular complexity index is 1440. The van der Waals surface area contributed by atoms with Crippen molar-refractivity contribution in [2.75, 3.05) is 6.54 Å². The van der Waals surface area contributed by atoms with Crippen molar-refractivity contribution in [3.05, 3.63) is 98.7 Å². The zero-order chi connectivity index (χ0) is 28.1. The Kier molecular flexibility index (Phi) is 8.38. The zero-order valence-electron chi connectivity index (χ0n) is 22.1. The Morgan fingerprint density at radius 2 is 1.77 bits per heavy atom. The summed E-state index contributed by atoms with van der Waals surface area (Å²) < 4.78 is 8.65. The molecule has 2 heterocycles. The van der Waals surface area contributed by atoms with Gasteiger partial charge in [0.15, 0.2) is 0 Å². The molecule has 0 spiro atoms. The number of rotatable bonds is 10. The zero-order valence-corrected chi connectivity index (χ0v) is 22.1. The standard InChI is InChI=1S/C28H31N5O6/c1-19(2)39-26(34)24-20(3)29-27(35)32(25(24)22-11-7-12-23(17-22)33(37)38)14-8-13-30-15-16-31(28(30)36)18-21-9-5-4-6-10-21/h4-7,9-12,15-17,19,24-25H,8,13-14,18H2,1-3H3. The van der Waals surface area contributed by atoms with Gasteiger partial charge in [0.1, 0.15) is 5.92 Å². The number of carbonyl (C=O) groups excluding carboxylic acids is 2. The van der Waals surface area contributed by atoms with Gasteiger partial charge in [0, 0.05) is 43.3 Å². The number of esters is 1. The van der Waals surface area contributed by atoms with Crippen LogP contribution in [0.3, 0.4) is 0 Å². The van der Waals surface area contributed by atoms with E-state index in [1.165, 1.54) is 23.1 Å².